The van der Waals surface area contributed by atoms with Crippen LogP contribution in [-0.4, -0.2) is 53.9 Å². The van der Waals surface area contributed by atoms with E-state index in [4.69, 9.17) is 11.1 Å². The Bertz CT molecular complexity index is 241. The molecule has 2 aliphatic heterocycles. The van der Waals surface area contributed by atoms with Crippen molar-refractivity contribution >= 4 is 5.84 Å². The highest BCUT2D eigenvalue weighted by Crippen LogP contribution is 2.23. The van der Waals surface area contributed by atoms with Crippen LogP contribution < -0.4 is 5.73 Å². The standard InChI is InChI=1S/C11H22N4/c1-2-10(11(12)13)15-7-6-14-5-3-4-9(14)8-15/h9-10H,2-8H2,1H3,(H3,12,13). The zero-order valence-electron chi connectivity index (χ0n) is 9.58. The number of hydrogen-bond acceptors (Lipinski definition) is 3. The van der Waals surface area contributed by atoms with Crippen molar-refractivity contribution in [1.29, 1.82) is 5.41 Å². The first kappa shape index (κ1) is 10.9. The van der Waals surface area contributed by atoms with E-state index in [-0.39, 0.29) is 6.04 Å². The number of nitrogens with one attached hydrogen (secondary N) is 1. The lowest BCUT2D eigenvalue weighted by atomic mass is 10.1. The van der Waals surface area contributed by atoms with Crippen LogP contribution in [0.2, 0.25) is 0 Å². The average Bonchev–Trinajstić information content (AvgIpc) is 2.65. The van der Waals surface area contributed by atoms with Crippen molar-refractivity contribution in [1.82, 2.24) is 9.80 Å². The van der Waals surface area contributed by atoms with Crippen LogP contribution in [0.25, 0.3) is 0 Å². The SMILES string of the molecule is CCC(C(=N)N)N1CCN2CCCC2C1. The summed E-state index contributed by atoms with van der Waals surface area (Å²) in [5, 5.41) is 7.60. The predicted molar refractivity (Wildman–Crippen MR) is 62.2 cm³/mol. The van der Waals surface area contributed by atoms with Gasteiger partial charge in [-0.05, 0) is 25.8 Å². The highest BCUT2D eigenvalue weighted by Gasteiger charge is 2.33. The molecule has 0 saturated carbocycles. The minimum atomic E-state index is 0.174. The largest absolute Gasteiger partial charge is 0.386 e. The van der Waals surface area contributed by atoms with Gasteiger partial charge in [-0.25, -0.2) is 0 Å². The number of fused-ring (bicyclic) bond motifs is 1. The van der Waals surface area contributed by atoms with E-state index < -0.39 is 0 Å². The minimum Gasteiger partial charge on any atom is -0.386 e. The average molecular weight is 210 g/mol. The van der Waals surface area contributed by atoms with E-state index in [2.05, 4.69) is 16.7 Å². The molecule has 2 atom stereocenters. The van der Waals surface area contributed by atoms with E-state index in [1.165, 1.54) is 19.4 Å². The van der Waals surface area contributed by atoms with E-state index in [0.29, 0.717) is 5.84 Å². The zero-order valence-corrected chi connectivity index (χ0v) is 9.58. The molecular formula is C11H22N4. The molecule has 4 nitrogen and oxygen atoms in total. The Kier molecular flexibility index (Phi) is 3.26. The number of nitrogens with zero attached hydrogens (tertiary/aromatic N) is 2. The van der Waals surface area contributed by atoms with Crippen molar-refractivity contribution in [3.8, 4) is 0 Å². The van der Waals surface area contributed by atoms with Crippen molar-refractivity contribution < 1.29 is 0 Å². The molecule has 0 spiro atoms. The maximum atomic E-state index is 7.60. The van der Waals surface area contributed by atoms with Gasteiger partial charge in [-0.3, -0.25) is 15.2 Å². The topological polar surface area (TPSA) is 56.4 Å². The monoisotopic (exact) mass is 210 g/mol. The second-order valence-corrected chi connectivity index (χ2v) is 4.71. The Morgan fingerprint density at radius 3 is 2.93 bits per heavy atom. The van der Waals surface area contributed by atoms with Gasteiger partial charge in [-0.15, -0.1) is 0 Å². The maximum absolute atomic E-state index is 7.60. The molecule has 2 rings (SSSR count). The molecule has 3 N–H and O–H groups in total. The molecule has 0 bridgehead atoms. The third kappa shape index (κ3) is 2.16. The molecule has 4 heteroatoms. The third-order valence-corrected chi connectivity index (χ3v) is 3.81. The second-order valence-electron chi connectivity index (χ2n) is 4.71. The van der Waals surface area contributed by atoms with Gasteiger partial charge in [0.25, 0.3) is 0 Å². The molecule has 15 heavy (non-hydrogen) atoms. The Balaban J connectivity index is 1.96. The normalized spacial score (nSPS) is 30.1. The molecule has 2 fully saturated rings. The van der Waals surface area contributed by atoms with E-state index in [0.717, 1.165) is 32.1 Å². The molecule has 0 aliphatic carbocycles. The van der Waals surface area contributed by atoms with Crippen molar-refractivity contribution in [2.24, 2.45) is 5.73 Å². The van der Waals surface area contributed by atoms with E-state index in [1.54, 1.807) is 0 Å². The van der Waals surface area contributed by atoms with Gasteiger partial charge in [-0.2, -0.15) is 0 Å². The van der Waals surface area contributed by atoms with Gasteiger partial charge < -0.3 is 5.73 Å². The summed E-state index contributed by atoms with van der Waals surface area (Å²) in [4.78, 5) is 4.98. The number of rotatable bonds is 3. The summed E-state index contributed by atoms with van der Waals surface area (Å²) in [5.74, 6) is 0.337. The van der Waals surface area contributed by atoms with Crippen LogP contribution in [0.3, 0.4) is 0 Å². The van der Waals surface area contributed by atoms with Crippen LogP contribution in [0.1, 0.15) is 26.2 Å². The van der Waals surface area contributed by atoms with Crippen molar-refractivity contribution in [3.63, 3.8) is 0 Å². The molecule has 86 valence electrons. The quantitative estimate of drug-likeness (QED) is 0.526. The molecule has 0 radical (unpaired) electrons. The minimum absolute atomic E-state index is 0.174. The Hall–Kier alpha value is -0.610. The lowest BCUT2D eigenvalue weighted by Gasteiger charge is -2.41. The summed E-state index contributed by atoms with van der Waals surface area (Å²) in [7, 11) is 0. The highest BCUT2D eigenvalue weighted by molar-refractivity contribution is 5.82. The van der Waals surface area contributed by atoms with Gasteiger partial charge in [0.05, 0.1) is 6.04 Å². The molecule has 2 unspecified atom stereocenters. The van der Waals surface area contributed by atoms with Gasteiger partial charge in [0.15, 0.2) is 0 Å². The van der Waals surface area contributed by atoms with Crippen LogP contribution in [0, 0.1) is 5.41 Å². The van der Waals surface area contributed by atoms with Crippen LogP contribution in [-0.2, 0) is 0 Å². The summed E-state index contributed by atoms with van der Waals surface area (Å²) in [5.41, 5.74) is 5.64. The lowest BCUT2D eigenvalue weighted by molar-refractivity contribution is 0.0892. The van der Waals surface area contributed by atoms with E-state index in [1.807, 2.05) is 0 Å². The fourth-order valence-corrected chi connectivity index (χ4v) is 2.97. The molecule has 0 aromatic heterocycles. The molecule has 2 saturated heterocycles. The van der Waals surface area contributed by atoms with Crippen LogP contribution in [0.5, 0.6) is 0 Å². The number of hydrogen-bond donors (Lipinski definition) is 2. The van der Waals surface area contributed by atoms with E-state index in [9.17, 15) is 0 Å². The highest BCUT2D eigenvalue weighted by atomic mass is 15.3. The Morgan fingerprint density at radius 1 is 1.47 bits per heavy atom. The van der Waals surface area contributed by atoms with Gasteiger partial charge >= 0.3 is 0 Å². The van der Waals surface area contributed by atoms with Crippen molar-refractivity contribution in [3.05, 3.63) is 0 Å². The smallest absolute Gasteiger partial charge is 0.108 e. The third-order valence-electron chi connectivity index (χ3n) is 3.81. The van der Waals surface area contributed by atoms with Gasteiger partial charge in [0, 0.05) is 25.7 Å². The number of amidine groups is 1. The van der Waals surface area contributed by atoms with E-state index >= 15 is 0 Å². The second kappa shape index (κ2) is 4.49. The number of nitrogens with two attached hydrogens (primary N) is 1. The van der Waals surface area contributed by atoms with Gasteiger partial charge in [-0.1, -0.05) is 6.92 Å². The summed E-state index contributed by atoms with van der Waals surface area (Å²) in [6, 6.07) is 0.903. The van der Waals surface area contributed by atoms with Crippen molar-refractivity contribution in [2.75, 3.05) is 26.2 Å². The summed E-state index contributed by atoms with van der Waals surface area (Å²) >= 11 is 0. The van der Waals surface area contributed by atoms with Crippen LogP contribution >= 0.6 is 0 Å². The van der Waals surface area contributed by atoms with Gasteiger partial charge in [0.1, 0.15) is 5.84 Å². The molecule has 0 aromatic rings. The van der Waals surface area contributed by atoms with Gasteiger partial charge in [0.2, 0.25) is 0 Å². The fraction of sp³-hybridized carbons (Fsp3) is 0.909. The summed E-state index contributed by atoms with van der Waals surface area (Å²) in [6.07, 6.45) is 3.63. The fourth-order valence-electron chi connectivity index (χ4n) is 2.97. The first-order valence-electron chi connectivity index (χ1n) is 6.04. The molecule has 0 amide bonds. The summed E-state index contributed by atoms with van der Waals surface area (Å²) < 4.78 is 0. The first-order chi connectivity index (χ1) is 7.22. The summed E-state index contributed by atoms with van der Waals surface area (Å²) in [6.45, 7) is 6.74. The van der Waals surface area contributed by atoms with Crippen LogP contribution in [0.15, 0.2) is 0 Å². The lowest BCUT2D eigenvalue weighted by Crippen LogP contribution is -2.56. The van der Waals surface area contributed by atoms with Crippen molar-refractivity contribution in [2.45, 2.75) is 38.3 Å². The van der Waals surface area contributed by atoms with Crippen LogP contribution in [0.4, 0.5) is 0 Å². The Morgan fingerprint density at radius 2 is 2.27 bits per heavy atom. The molecular weight excluding hydrogens is 188 g/mol. The zero-order chi connectivity index (χ0) is 10.8. The number of piperazine rings is 1. The molecule has 2 aliphatic rings. The molecule has 2 heterocycles. The predicted octanol–water partition coefficient (Wildman–Crippen LogP) is 0.481. The first-order valence-corrected chi connectivity index (χ1v) is 6.04. The Labute approximate surface area is 91.9 Å². The maximum Gasteiger partial charge on any atom is 0.108 e. The molecule has 0 aromatic carbocycles.